The van der Waals surface area contributed by atoms with E-state index in [2.05, 4.69) is 4.90 Å². The number of cyclic esters (lactones) is 1. The molecule has 3 aliphatic rings. The van der Waals surface area contributed by atoms with Crippen LogP contribution in [0, 0.1) is 5.41 Å². The Bertz CT molecular complexity index is 899. The summed E-state index contributed by atoms with van der Waals surface area (Å²) in [4.78, 5) is 29.7. The van der Waals surface area contributed by atoms with Gasteiger partial charge in [-0.3, -0.25) is 14.5 Å². The van der Waals surface area contributed by atoms with E-state index in [0.29, 0.717) is 31.5 Å². The van der Waals surface area contributed by atoms with Crippen LogP contribution >= 0.6 is 0 Å². The number of benzene rings is 1. The number of ether oxygens (including phenoxy) is 1. The molecule has 0 aromatic heterocycles. The number of nitrogens with zero attached hydrogens (tertiary/aromatic N) is 2. The molecule has 1 aromatic rings. The Kier molecular flexibility index (Phi) is 5.42. The van der Waals surface area contributed by atoms with Gasteiger partial charge in [0.1, 0.15) is 6.10 Å². The minimum atomic E-state index is -3.37. The first-order valence-corrected chi connectivity index (χ1v) is 12.2. The zero-order valence-electron chi connectivity index (χ0n) is 16.8. The Labute approximate surface area is 171 Å². The summed E-state index contributed by atoms with van der Waals surface area (Å²) in [6.45, 7) is 3.93. The van der Waals surface area contributed by atoms with Gasteiger partial charge < -0.3 is 9.64 Å². The number of carbonyl (C=O) groups is 2. The summed E-state index contributed by atoms with van der Waals surface area (Å²) in [5.74, 6) is -0.307. The molecule has 158 valence electrons. The lowest BCUT2D eigenvalue weighted by atomic mass is 9.76. The largest absolute Gasteiger partial charge is 0.461 e. The minimum Gasteiger partial charge on any atom is -0.461 e. The zero-order valence-corrected chi connectivity index (χ0v) is 17.6. The molecule has 4 rings (SSSR count). The molecule has 0 radical (unpaired) electrons. The van der Waals surface area contributed by atoms with E-state index < -0.39 is 15.3 Å². The van der Waals surface area contributed by atoms with Gasteiger partial charge in [-0.05, 0) is 57.0 Å². The second kappa shape index (κ2) is 7.72. The maximum absolute atomic E-state index is 12.9. The number of piperidine rings is 1. The van der Waals surface area contributed by atoms with Crippen molar-refractivity contribution in [3.05, 3.63) is 29.8 Å². The van der Waals surface area contributed by atoms with Crippen molar-refractivity contribution in [2.45, 2.75) is 43.1 Å². The van der Waals surface area contributed by atoms with Crippen LogP contribution in [-0.4, -0.2) is 75.2 Å². The maximum Gasteiger partial charge on any atom is 0.312 e. The van der Waals surface area contributed by atoms with Crippen molar-refractivity contribution in [1.82, 2.24) is 9.80 Å². The normalized spacial score (nSPS) is 24.8. The molecule has 7 nitrogen and oxygen atoms in total. The predicted octanol–water partition coefficient (Wildman–Crippen LogP) is 1.72. The topological polar surface area (TPSA) is 84.0 Å². The van der Waals surface area contributed by atoms with Crippen LogP contribution in [0.25, 0.3) is 0 Å². The molecule has 3 fully saturated rings. The molecule has 0 aliphatic carbocycles. The van der Waals surface area contributed by atoms with Crippen LogP contribution < -0.4 is 0 Å². The lowest BCUT2D eigenvalue weighted by molar-refractivity contribution is -0.150. The van der Waals surface area contributed by atoms with Crippen molar-refractivity contribution in [2.24, 2.45) is 5.41 Å². The van der Waals surface area contributed by atoms with Gasteiger partial charge in [0.05, 0.1) is 10.3 Å². The number of sulfone groups is 1. The Morgan fingerprint density at radius 2 is 1.86 bits per heavy atom. The molecule has 0 saturated carbocycles. The number of esters is 1. The average molecular weight is 421 g/mol. The van der Waals surface area contributed by atoms with Crippen molar-refractivity contribution < 1.29 is 22.7 Å². The van der Waals surface area contributed by atoms with Gasteiger partial charge >= 0.3 is 5.97 Å². The molecule has 1 amide bonds. The van der Waals surface area contributed by atoms with Crippen LogP contribution in [0.5, 0.6) is 0 Å². The van der Waals surface area contributed by atoms with E-state index in [0.717, 1.165) is 32.3 Å². The summed E-state index contributed by atoms with van der Waals surface area (Å²) in [5, 5.41) is 0. The van der Waals surface area contributed by atoms with Gasteiger partial charge in [0.25, 0.3) is 5.91 Å². The van der Waals surface area contributed by atoms with Gasteiger partial charge in [0.2, 0.25) is 0 Å². The van der Waals surface area contributed by atoms with E-state index in [1.807, 2.05) is 0 Å². The molecule has 1 spiro atoms. The summed E-state index contributed by atoms with van der Waals surface area (Å²) < 4.78 is 29.2. The molecule has 0 N–H and O–H groups in total. The number of hydrogen-bond donors (Lipinski definition) is 0. The number of amides is 1. The zero-order chi connectivity index (χ0) is 20.6. The minimum absolute atomic E-state index is 0.0470. The second-order valence-corrected chi connectivity index (χ2v) is 10.6. The van der Waals surface area contributed by atoms with E-state index in [4.69, 9.17) is 4.74 Å². The summed E-state index contributed by atoms with van der Waals surface area (Å²) in [6, 6.07) is 6.15. The van der Waals surface area contributed by atoms with E-state index in [1.165, 1.54) is 25.0 Å². The fourth-order valence-corrected chi connectivity index (χ4v) is 5.45. The van der Waals surface area contributed by atoms with Crippen LogP contribution in [0.4, 0.5) is 0 Å². The lowest BCUT2D eigenvalue weighted by Crippen LogP contribution is -2.45. The van der Waals surface area contributed by atoms with Gasteiger partial charge in [-0.1, -0.05) is 6.07 Å². The highest BCUT2D eigenvalue weighted by atomic mass is 32.2. The van der Waals surface area contributed by atoms with Crippen LogP contribution in [0.2, 0.25) is 0 Å². The van der Waals surface area contributed by atoms with E-state index in [1.54, 1.807) is 17.0 Å². The molecule has 8 heteroatoms. The van der Waals surface area contributed by atoms with Gasteiger partial charge in [-0.25, -0.2) is 8.42 Å². The molecular weight excluding hydrogens is 392 g/mol. The first-order chi connectivity index (χ1) is 13.8. The monoisotopic (exact) mass is 420 g/mol. The van der Waals surface area contributed by atoms with Crippen LogP contribution in [0.15, 0.2) is 29.2 Å². The third kappa shape index (κ3) is 4.19. The molecule has 1 atom stereocenters. The third-order valence-electron chi connectivity index (χ3n) is 6.50. The molecule has 1 unspecified atom stereocenters. The number of rotatable bonds is 4. The molecule has 3 aliphatic heterocycles. The quantitative estimate of drug-likeness (QED) is 0.690. The second-order valence-electron chi connectivity index (χ2n) is 8.61. The number of likely N-dealkylation sites (tertiary alicyclic amines) is 2. The third-order valence-corrected chi connectivity index (χ3v) is 7.61. The standard InChI is InChI=1S/C21H28N2O5S/c1-29(26,27)18-6-4-5-16(13-18)19(24)23-11-7-21(8-12-23)14-17(28-20(21)25)15-22-9-2-3-10-22/h4-6,13,17H,2-3,7-12,14-15H2,1H3. The molecule has 29 heavy (non-hydrogen) atoms. The maximum atomic E-state index is 12.9. The van der Waals surface area contributed by atoms with Gasteiger partial charge in [-0.15, -0.1) is 0 Å². The van der Waals surface area contributed by atoms with Crippen LogP contribution in [-0.2, 0) is 19.4 Å². The number of hydrogen-bond acceptors (Lipinski definition) is 6. The summed E-state index contributed by atoms with van der Waals surface area (Å²) in [5.41, 5.74) is -0.111. The molecule has 3 heterocycles. The average Bonchev–Trinajstić information content (AvgIpc) is 3.30. The fraction of sp³-hybridized carbons (Fsp3) is 0.619. The number of carbonyl (C=O) groups excluding carboxylic acids is 2. The van der Waals surface area contributed by atoms with Crippen molar-refractivity contribution in [3.8, 4) is 0 Å². The molecule has 0 bridgehead atoms. The van der Waals surface area contributed by atoms with E-state index in [9.17, 15) is 18.0 Å². The Morgan fingerprint density at radius 1 is 1.17 bits per heavy atom. The van der Waals surface area contributed by atoms with Crippen LogP contribution in [0.3, 0.4) is 0 Å². The molecule has 1 aromatic carbocycles. The predicted molar refractivity (Wildman–Crippen MR) is 107 cm³/mol. The molecular formula is C21H28N2O5S. The van der Waals surface area contributed by atoms with Crippen LogP contribution in [0.1, 0.15) is 42.5 Å². The smallest absolute Gasteiger partial charge is 0.312 e. The Morgan fingerprint density at radius 3 is 2.52 bits per heavy atom. The van der Waals surface area contributed by atoms with Crippen molar-refractivity contribution in [3.63, 3.8) is 0 Å². The highest BCUT2D eigenvalue weighted by Gasteiger charge is 2.51. The highest BCUT2D eigenvalue weighted by Crippen LogP contribution is 2.43. The lowest BCUT2D eigenvalue weighted by Gasteiger charge is -2.36. The summed E-state index contributed by atoms with van der Waals surface area (Å²) in [6.07, 6.45) is 5.43. The fourth-order valence-electron chi connectivity index (χ4n) is 4.78. The SMILES string of the molecule is CS(=O)(=O)c1cccc(C(=O)N2CCC3(CC2)CC(CN2CCCC2)OC3=O)c1. The van der Waals surface area contributed by atoms with Crippen molar-refractivity contribution >= 4 is 21.7 Å². The van der Waals surface area contributed by atoms with Crippen molar-refractivity contribution in [2.75, 3.05) is 39.0 Å². The van der Waals surface area contributed by atoms with Crippen molar-refractivity contribution in [1.29, 1.82) is 0 Å². The van der Waals surface area contributed by atoms with Gasteiger partial charge in [-0.2, -0.15) is 0 Å². The first-order valence-electron chi connectivity index (χ1n) is 10.3. The summed E-state index contributed by atoms with van der Waals surface area (Å²) in [7, 11) is -3.37. The first kappa shape index (κ1) is 20.3. The molecule has 3 saturated heterocycles. The van der Waals surface area contributed by atoms with Gasteiger partial charge in [0, 0.05) is 37.9 Å². The van der Waals surface area contributed by atoms with E-state index >= 15 is 0 Å². The summed E-state index contributed by atoms with van der Waals surface area (Å²) >= 11 is 0. The Hall–Kier alpha value is -1.93. The van der Waals surface area contributed by atoms with Gasteiger partial charge in [0.15, 0.2) is 9.84 Å². The Balaban J connectivity index is 1.39. The highest BCUT2D eigenvalue weighted by molar-refractivity contribution is 7.90. The van der Waals surface area contributed by atoms with E-state index in [-0.39, 0.29) is 22.9 Å².